The summed E-state index contributed by atoms with van der Waals surface area (Å²) in [7, 11) is 1.55. The van der Waals surface area contributed by atoms with Gasteiger partial charge >= 0.3 is 6.18 Å². The van der Waals surface area contributed by atoms with Crippen LogP contribution in [0.5, 0.6) is 5.75 Å². The zero-order valence-electron chi connectivity index (χ0n) is 17.0. The molecule has 0 unspecified atom stereocenters. The number of ether oxygens (including phenoxy) is 1. The van der Waals surface area contributed by atoms with Crippen LogP contribution in [0.15, 0.2) is 36.8 Å². The number of rotatable bonds is 4. The Hall–Kier alpha value is -2.90. The van der Waals surface area contributed by atoms with Crippen LogP contribution in [0, 0.1) is 6.92 Å². The molecule has 8 heteroatoms. The van der Waals surface area contributed by atoms with E-state index in [0.29, 0.717) is 11.4 Å². The number of hydrogen-bond donors (Lipinski definition) is 0. The summed E-state index contributed by atoms with van der Waals surface area (Å²) >= 11 is 0. The molecular weight excluding hydrogens is 381 g/mol. The first-order chi connectivity index (χ1) is 13.5. The highest BCUT2D eigenvalue weighted by Crippen LogP contribution is 2.31. The maximum atomic E-state index is 13.3. The summed E-state index contributed by atoms with van der Waals surface area (Å²) in [4.78, 5) is 12.4. The Morgan fingerprint density at radius 3 is 2.28 bits per heavy atom. The van der Waals surface area contributed by atoms with E-state index in [2.05, 4.69) is 15.0 Å². The van der Waals surface area contributed by atoms with Crippen LogP contribution in [0.4, 0.5) is 13.2 Å². The Labute approximate surface area is 167 Å². The molecule has 2 heterocycles. The van der Waals surface area contributed by atoms with Crippen molar-refractivity contribution in [1.82, 2.24) is 19.5 Å². The molecule has 2 aromatic heterocycles. The molecule has 0 N–H and O–H groups in total. The first kappa shape index (κ1) is 20.8. The molecular formula is C21H23F3N4O. The fraction of sp³-hybridized carbons (Fsp3) is 0.381. The van der Waals surface area contributed by atoms with E-state index in [1.807, 2.05) is 50.6 Å². The number of halogens is 3. The van der Waals surface area contributed by atoms with Gasteiger partial charge in [0.2, 0.25) is 0 Å². The Kier molecular flexibility index (Phi) is 5.38. The van der Waals surface area contributed by atoms with Gasteiger partial charge in [-0.15, -0.1) is 0 Å². The quantitative estimate of drug-likeness (QED) is 0.622. The minimum atomic E-state index is -4.53. The van der Waals surface area contributed by atoms with Crippen molar-refractivity contribution in [1.29, 1.82) is 0 Å². The second-order valence-corrected chi connectivity index (χ2v) is 7.91. The number of nitrogens with zero attached hydrogens (tertiary/aromatic N) is 4. The standard InChI is InChI=1S/C21H23F3N4O/c1-13-11-28(12-25-13)15-7-6-14(8-16(15)29-5)9-19-26-17(20(2,3)4)10-18(27-19)21(22,23)24/h6-8,10-12H,9H2,1-5H3. The third kappa shape index (κ3) is 4.75. The number of alkyl halides is 3. The minimum absolute atomic E-state index is 0.123. The molecule has 0 aliphatic heterocycles. The topological polar surface area (TPSA) is 52.8 Å². The summed E-state index contributed by atoms with van der Waals surface area (Å²) in [5, 5.41) is 0. The zero-order chi connectivity index (χ0) is 21.4. The van der Waals surface area contributed by atoms with E-state index in [9.17, 15) is 13.2 Å². The molecule has 0 saturated heterocycles. The van der Waals surface area contributed by atoms with E-state index in [0.717, 1.165) is 23.0 Å². The Balaban J connectivity index is 1.99. The van der Waals surface area contributed by atoms with Crippen molar-refractivity contribution in [2.75, 3.05) is 7.11 Å². The number of aryl methyl sites for hydroxylation is 1. The van der Waals surface area contributed by atoms with Crippen LogP contribution in [0.3, 0.4) is 0 Å². The van der Waals surface area contributed by atoms with E-state index >= 15 is 0 Å². The van der Waals surface area contributed by atoms with Gasteiger partial charge in [0.05, 0.1) is 30.5 Å². The van der Waals surface area contributed by atoms with Gasteiger partial charge in [-0.3, -0.25) is 0 Å². The van der Waals surface area contributed by atoms with Gasteiger partial charge in [-0.2, -0.15) is 13.2 Å². The summed E-state index contributed by atoms with van der Waals surface area (Å²) < 4.78 is 47.3. The number of benzene rings is 1. The predicted octanol–water partition coefficient (Wildman–Crippen LogP) is 4.89. The van der Waals surface area contributed by atoms with E-state index in [-0.39, 0.29) is 12.2 Å². The van der Waals surface area contributed by atoms with E-state index in [4.69, 9.17) is 4.74 Å². The van der Waals surface area contributed by atoms with Gasteiger partial charge in [0, 0.05) is 18.0 Å². The molecule has 29 heavy (non-hydrogen) atoms. The highest BCUT2D eigenvalue weighted by atomic mass is 19.4. The third-order valence-electron chi connectivity index (χ3n) is 4.43. The fourth-order valence-electron chi connectivity index (χ4n) is 2.89. The first-order valence-electron chi connectivity index (χ1n) is 9.11. The van der Waals surface area contributed by atoms with Crippen molar-refractivity contribution in [2.45, 2.75) is 45.7 Å². The number of aromatic nitrogens is 4. The van der Waals surface area contributed by atoms with Crippen LogP contribution in [0.2, 0.25) is 0 Å². The summed E-state index contributed by atoms with van der Waals surface area (Å²) in [5.41, 5.74) is 1.30. The summed E-state index contributed by atoms with van der Waals surface area (Å²) in [6.07, 6.45) is -0.827. The summed E-state index contributed by atoms with van der Waals surface area (Å²) in [6, 6.07) is 6.47. The lowest BCUT2D eigenvalue weighted by Gasteiger charge is -2.20. The third-order valence-corrected chi connectivity index (χ3v) is 4.43. The summed E-state index contributed by atoms with van der Waals surface area (Å²) in [6.45, 7) is 7.35. The van der Waals surface area contributed by atoms with Crippen molar-refractivity contribution in [3.05, 3.63) is 65.3 Å². The monoisotopic (exact) mass is 404 g/mol. The maximum absolute atomic E-state index is 13.3. The molecule has 0 amide bonds. The van der Waals surface area contributed by atoms with Gasteiger partial charge in [-0.25, -0.2) is 15.0 Å². The van der Waals surface area contributed by atoms with Crippen molar-refractivity contribution in [2.24, 2.45) is 0 Å². The summed E-state index contributed by atoms with van der Waals surface area (Å²) in [5.74, 6) is 0.709. The average molecular weight is 404 g/mol. The molecule has 0 atom stereocenters. The number of imidazole rings is 1. The van der Waals surface area contributed by atoms with Gasteiger partial charge in [-0.05, 0) is 30.7 Å². The van der Waals surface area contributed by atoms with Crippen molar-refractivity contribution >= 4 is 0 Å². The maximum Gasteiger partial charge on any atom is 0.433 e. The van der Waals surface area contributed by atoms with E-state index < -0.39 is 17.3 Å². The molecule has 0 aliphatic carbocycles. The van der Waals surface area contributed by atoms with Gasteiger partial charge in [0.25, 0.3) is 0 Å². The van der Waals surface area contributed by atoms with Gasteiger partial charge in [0.1, 0.15) is 17.3 Å². The normalized spacial score (nSPS) is 12.3. The minimum Gasteiger partial charge on any atom is -0.495 e. The lowest BCUT2D eigenvalue weighted by Crippen LogP contribution is -2.19. The molecule has 0 saturated carbocycles. The van der Waals surface area contributed by atoms with E-state index in [1.165, 1.54) is 0 Å². The molecule has 0 radical (unpaired) electrons. The first-order valence-corrected chi connectivity index (χ1v) is 9.11. The van der Waals surface area contributed by atoms with Crippen molar-refractivity contribution in [3.8, 4) is 11.4 Å². The molecule has 0 spiro atoms. The van der Waals surface area contributed by atoms with Gasteiger partial charge in [0.15, 0.2) is 0 Å². The van der Waals surface area contributed by atoms with Crippen LogP contribution in [-0.4, -0.2) is 26.6 Å². The largest absolute Gasteiger partial charge is 0.495 e. The zero-order valence-corrected chi connectivity index (χ0v) is 17.0. The molecule has 3 rings (SSSR count). The lowest BCUT2D eigenvalue weighted by molar-refractivity contribution is -0.141. The van der Waals surface area contributed by atoms with Crippen LogP contribution in [0.1, 0.15) is 49.2 Å². The van der Waals surface area contributed by atoms with Gasteiger partial charge < -0.3 is 9.30 Å². The molecule has 0 fully saturated rings. The average Bonchev–Trinajstić information content (AvgIpc) is 3.06. The Morgan fingerprint density at radius 1 is 1.03 bits per heavy atom. The molecule has 5 nitrogen and oxygen atoms in total. The fourth-order valence-corrected chi connectivity index (χ4v) is 2.89. The molecule has 154 valence electrons. The molecule has 0 aliphatic rings. The predicted molar refractivity (Wildman–Crippen MR) is 103 cm³/mol. The van der Waals surface area contributed by atoms with Crippen LogP contribution < -0.4 is 4.74 Å². The number of methoxy groups -OCH3 is 1. The van der Waals surface area contributed by atoms with Crippen LogP contribution in [0.25, 0.3) is 5.69 Å². The molecule has 0 bridgehead atoms. The number of hydrogen-bond acceptors (Lipinski definition) is 4. The van der Waals surface area contributed by atoms with Crippen molar-refractivity contribution < 1.29 is 17.9 Å². The van der Waals surface area contributed by atoms with Gasteiger partial charge in [-0.1, -0.05) is 26.8 Å². The van der Waals surface area contributed by atoms with E-state index in [1.54, 1.807) is 19.5 Å². The highest BCUT2D eigenvalue weighted by Gasteiger charge is 2.34. The second kappa shape index (κ2) is 7.50. The van der Waals surface area contributed by atoms with Crippen LogP contribution >= 0.6 is 0 Å². The highest BCUT2D eigenvalue weighted by molar-refractivity contribution is 5.49. The molecule has 1 aromatic carbocycles. The van der Waals surface area contributed by atoms with Crippen LogP contribution in [-0.2, 0) is 18.0 Å². The SMILES string of the molecule is COc1cc(Cc2nc(C(C)(C)C)cc(C(F)(F)F)n2)ccc1-n1cnc(C)c1. The smallest absolute Gasteiger partial charge is 0.433 e. The lowest BCUT2D eigenvalue weighted by atomic mass is 9.91. The van der Waals surface area contributed by atoms with Crippen molar-refractivity contribution in [3.63, 3.8) is 0 Å². The Bertz CT molecular complexity index is 987. The molecule has 3 aromatic rings. The second-order valence-electron chi connectivity index (χ2n) is 7.91. The Morgan fingerprint density at radius 2 is 1.72 bits per heavy atom.